The van der Waals surface area contributed by atoms with E-state index in [4.69, 9.17) is 0 Å². The number of anilines is 1. The van der Waals surface area contributed by atoms with Crippen LogP contribution in [0.2, 0.25) is 0 Å². The van der Waals surface area contributed by atoms with Crippen LogP contribution in [0.3, 0.4) is 0 Å². The zero-order valence-corrected chi connectivity index (χ0v) is 19.1. The number of nitrogens with zero attached hydrogens (tertiary/aromatic N) is 2. The molecule has 2 aromatic carbocycles. The van der Waals surface area contributed by atoms with Gasteiger partial charge in [-0.3, -0.25) is 9.55 Å². The van der Waals surface area contributed by atoms with Gasteiger partial charge in [-0.1, -0.05) is 42.8 Å². The second kappa shape index (κ2) is 7.80. The number of rotatable bonds is 4. The molecule has 0 spiro atoms. The first kappa shape index (κ1) is 20.1. The average molecular weight is 440 g/mol. The Morgan fingerprint density at radius 3 is 2.88 bits per heavy atom. The fourth-order valence-corrected chi connectivity index (χ4v) is 5.79. The number of aromatic nitrogens is 4. The van der Waals surface area contributed by atoms with Crippen LogP contribution in [0.15, 0.2) is 65.2 Å². The van der Waals surface area contributed by atoms with Crippen molar-refractivity contribution >= 4 is 16.9 Å². The Bertz CT molecular complexity index is 1420. The summed E-state index contributed by atoms with van der Waals surface area (Å²) in [5, 5.41) is 3.74. The lowest BCUT2D eigenvalue weighted by Gasteiger charge is -2.29. The van der Waals surface area contributed by atoms with Crippen molar-refractivity contribution in [3.8, 4) is 5.69 Å². The van der Waals surface area contributed by atoms with Crippen LogP contribution in [0.25, 0.3) is 16.7 Å². The Hall–Kier alpha value is -3.54. The minimum Gasteiger partial charge on any atom is -0.363 e. The minimum atomic E-state index is -0.101. The molecule has 0 saturated heterocycles. The van der Waals surface area contributed by atoms with E-state index in [-0.39, 0.29) is 17.6 Å². The second-order valence-corrected chi connectivity index (χ2v) is 9.58. The lowest BCUT2D eigenvalue weighted by atomic mass is 9.80. The Kier molecular flexibility index (Phi) is 4.75. The lowest BCUT2D eigenvalue weighted by Crippen LogP contribution is -2.22. The molecule has 0 radical (unpaired) electrons. The van der Waals surface area contributed by atoms with Crippen molar-refractivity contribution in [3.05, 3.63) is 87.7 Å². The number of imidazole rings is 2. The summed E-state index contributed by atoms with van der Waals surface area (Å²) in [5.74, 6) is 1.47. The Labute approximate surface area is 192 Å². The maximum absolute atomic E-state index is 13.4. The van der Waals surface area contributed by atoms with Gasteiger partial charge in [0.2, 0.25) is 0 Å². The van der Waals surface area contributed by atoms with Gasteiger partial charge in [-0.2, -0.15) is 0 Å². The Morgan fingerprint density at radius 1 is 1.12 bits per heavy atom. The molecular formula is C27H29N5O. The SMILES string of the molecule is CC1=CC(C)C(c2c(NC3CCc4ccccc43)[nH]c(=O)n2-c2ccc3nc[nH]c3c2)CC1. The van der Waals surface area contributed by atoms with Crippen LogP contribution in [0.5, 0.6) is 0 Å². The molecule has 0 bridgehead atoms. The molecule has 0 aliphatic heterocycles. The van der Waals surface area contributed by atoms with Crippen molar-refractivity contribution in [1.29, 1.82) is 0 Å². The molecule has 2 aromatic heterocycles. The highest BCUT2D eigenvalue weighted by Crippen LogP contribution is 2.41. The van der Waals surface area contributed by atoms with Gasteiger partial charge in [-0.25, -0.2) is 9.78 Å². The molecule has 0 fully saturated rings. The maximum atomic E-state index is 13.4. The highest BCUT2D eigenvalue weighted by molar-refractivity contribution is 5.77. The number of hydrogen-bond donors (Lipinski definition) is 3. The van der Waals surface area contributed by atoms with Crippen molar-refractivity contribution in [1.82, 2.24) is 19.5 Å². The van der Waals surface area contributed by atoms with Gasteiger partial charge in [0.05, 0.1) is 34.8 Å². The fourth-order valence-electron chi connectivity index (χ4n) is 5.79. The van der Waals surface area contributed by atoms with Gasteiger partial charge in [-0.15, -0.1) is 0 Å². The van der Waals surface area contributed by atoms with E-state index in [0.29, 0.717) is 5.92 Å². The minimum absolute atomic E-state index is 0.101. The summed E-state index contributed by atoms with van der Waals surface area (Å²) in [6.45, 7) is 4.47. The summed E-state index contributed by atoms with van der Waals surface area (Å²) in [6, 6.07) is 14.8. The normalized spacial score (nSPS) is 22.4. The lowest BCUT2D eigenvalue weighted by molar-refractivity contribution is 0.464. The van der Waals surface area contributed by atoms with Gasteiger partial charge < -0.3 is 10.3 Å². The van der Waals surface area contributed by atoms with E-state index in [0.717, 1.165) is 53.9 Å². The largest absolute Gasteiger partial charge is 0.363 e. The number of nitrogens with one attached hydrogen (secondary N) is 3. The van der Waals surface area contributed by atoms with Gasteiger partial charge in [-0.05, 0) is 67.9 Å². The first-order valence-electron chi connectivity index (χ1n) is 11.9. The number of H-pyrrole nitrogens is 2. The van der Waals surface area contributed by atoms with E-state index in [1.165, 1.54) is 16.7 Å². The van der Waals surface area contributed by atoms with Crippen LogP contribution in [0.4, 0.5) is 5.82 Å². The molecule has 3 atom stereocenters. The van der Waals surface area contributed by atoms with E-state index in [9.17, 15) is 4.79 Å². The third-order valence-electron chi connectivity index (χ3n) is 7.43. The van der Waals surface area contributed by atoms with Crippen LogP contribution in [0, 0.1) is 5.92 Å². The first-order chi connectivity index (χ1) is 16.1. The molecule has 168 valence electrons. The van der Waals surface area contributed by atoms with Gasteiger partial charge in [0, 0.05) is 5.92 Å². The van der Waals surface area contributed by atoms with E-state index in [1.807, 2.05) is 22.8 Å². The molecule has 2 aliphatic carbocycles. The zero-order valence-electron chi connectivity index (χ0n) is 19.1. The van der Waals surface area contributed by atoms with E-state index in [1.54, 1.807) is 6.33 Å². The molecule has 3 N–H and O–H groups in total. The predicted molar refractivity (Wildman–Crippen MR) is 132 cm³/mol. The monoisotopic (exact) mass is 439 g/mol. The molecule has 2 heterocycles. The summed E-state index contributed by atoms with van der Waals surface area (Å²) in [5.41, 5.74) is 7.81. The molecule has 0 amide bonds. The summed E-state index contributed by atoms with van der Waals surface area (Å²) in [4.78, 5) is 24.1. The number of benzene rings is 2. The number of aryl methyl sites for hydroxylation is 1. The third-order valence-corrected chi connectivity index (χ3v) is 7.43. The van der Waals surface area contributed by atoms with E-state index < -0.39 is 0 Å². The summed E-state index contributed by atoms with van der Waals surface area (Å²) in [7, 11) is 0. The summed E-state index contributed by atoms with van der Waals surface area (Å²) >= 11 is 0. The van der Waals surface area contributed by atoms with Gasteiger partial charge in [0.25, 0.3) is 0 Å². The molecule has 6 nitrogen and oxygen atoms in total. The summed E-state index contributed by atoms with van der Waals surface area (Å²) < 4.78 is 1.87. The molecule has 0 saturated carbocycles. The summed E-state index contributed by atoms with van der Waals surface area (Å²) in [6.07, 6.45) is 8.24. The molecule has 33 heavy (non-hydrogen) atoms. The number of aromatic amines is 2. The standard InChI is InChI=1S/C27H29N5O/c1-16-7-10-20(17(2)13-16)25-26(30-22-11-8-18-5-3-4-6-21(18)22)31-27(33)32(25)19-9-12-23-24(14-19)29-15-28-23/h3-6,9,12-15,17,20,22,30H,7-8,10-11H2,1-2H3,(H,28,29)(H,31,33). The van der Waals surface area contributed by atoms with Crippen LogP contribution in [0.1, 0.15) is 61.9 Å². The van der Waals surface area contributed by atoms with Crippen LogP contribution in [-0.2, 0) is 6.42 Å². The molecule has 6 rings (SSSR count). The van der Waals surface area contributed by atoms with Crippen LogP contribution < -0.4 is 11.0 Å². The van der Waals surface area contributed by atoms with Gasteiger partial charge >= 0.3 is 5.69 Å². The predicted octanol–water partition coefficient (Wildman–Crippen LogP) is 5.60. The van der Waals surface area contributed by atoms with Crippen LogP contribution >= 0.6 is 0 Å². The van der Waals surface area contributed by atoms with Gasteiger partial charge in [0.1, 0.15) is 5.82 Å². The third kappa shape index (κ3) is 3.41. The van der Waals surface area contributed by atoms with Gasteiger partial charge in [0.15, 0.2) is 0 Å². The average Bonchev–Trinajstić information content (AvgIpc) is 3.51. The highest BCUT2D eigenvalue weighted by atomic mass is 16.1. The van der Waals surface area contributed by atoms with Crippen molar-refractivity contribution < 1.29 is 0 Å². The van der Waals surface area contributed by atoms with Crippen molar-refractivity contribution in [3.63, 3.8) is 0 Å². The van der Waals surface area contributed by atoms with Crippen molar-refractivity contribution in [2.24, 2.45) is 5.92 Å². The number of allylic oxidation sites excluding steroid dienone is 2. The fraction of sp³-hybridized carbons (Fsp3) is 0.333. The van der Waals surface area contributed by atoms with E-state index >= 15 is 0 Å². The van der Waals surface area contributed by atoms with E-state index in [2.05, 4.69) is 64.5 Å². The molecule has 3 unspecified atom stereocenters. The number of fused-ring (bicyclic) bond motifs is 2. The smallest absolute Gasteiger partial charge is 0.331 e. The first-order valence-corrected chi connectivity index (χ1v) is 11.9. The van der Waals surface area contributed by atoms with Crippen molar-refractivity contribution in [2.75, 3.05) is 5.32 Å². The van der Waals surface area contributed by atoms with Crippen molar-refractivity contribution in [2.45, 2.75) is 51.5 Å². The molecule has 6 heteroatoms. The zero-order chi connectivity index (χ0) is 22.5. The van der Waals surface area contributed by atoms with Crippen LogP contribution in [-0.4, -0.2) is 19.5 Å². The second-order valence-electron chi connectivity index (χ2n) is 9.58. The topological polar surface area (TPSA) is 78.5 Å². The molecular weight excluding hydrogens is 410 g/mol. The highest BCUT2D eigenvalue weighted by Gasteiger charge is 2.31. The Morgan fingerprint density at radius 2 is 2.00 bits per heavy atom. The number of hydrogen-bond acceptors (Lipinski definition) is 3. The quantitative estimate of drug-likeness (QED) is 0.362. The maximum Gasteiger partial charge on any atom is 0.331 e. The Balaban J connectivity index is 1.48. The molecule has 2 aliphatic rings. The molecule has 4 aromatic rings.